The number of hydrogen-bond acceptors (Lipinski definition) is 0. The van der Waals surface area contributed by atoms with Crippen molar-refractivity contribution in [2.45, 2.75) is 0 Å². The maximum absolute atomic E-state index is 3.68. The SMILES string of the molecule is C=C1CP1. The van der Waals surface area contributed by atoms with Crippen molar-refractivity contribution in [3.05, 3.63) is 11.9 Å². The lowest BCUT2D eigenvalue weighted by Gasteiger charge is -1.33. The molecule has 0 aromatic heterocycles. The van der Waals surface area contributed by atoms with Crippen LogP contribution in [0.3, 0.4) is 0 Å². The minimum Gasteiger partial charge on any atom is -0.0952 e. The topological polar surface area (TPSA) is 0 Å². The van der Waals surface area contributed by atoms with Gasteiger partial charge in [-0.3, -0.25) is 0 Å². The largest absolute Gasteiger partial charge is 0.0952 e. The summed E-state index contributed by atoms with van der Waals surface area (Å²) in [6.45, 7) is 3.68. The van der Waals surface area contributed by atoms with Crippen molar-refractivity contribution in [3.63, 3.8) is 0 Å². The summed E-state index contributed by atoms with van der Waals surface area (Å²) in [5.74, 6) is 0. The Morgan fingerprint density at radius 2 is 2.25 bits per heavy atom. The molecule has 0 saturated carbocycles. The van der Waals surface area contributed by atoms with Gasteiger partial charge in [0.2, 0.25) is 0 Å². The molecule has 0 amide bonds. The third-order valence-corrected chi connectivity index (χ3v) is 1.28. The van der Waals surface area contributed by atoms with Crippen LogP contribution in [-0.4, -0.2) is 6.16 Å². The molecule has 1 fully saturated rings. The van der Waals surface area contributed by atoms with Crippen molar-refractivity contribution in [2.24, 2.45) is 0 Å². The van der Waals surface area contributed by atoms with Gasteiger partial charge in [0, 0.05) is 0 Å². The van der Waals surface area contributed by atoms with Crippen molar-refractivity contribution < 1.29 is 0 Å². The molecule has 0 bridgehead atoms. The van der Waals surface area contributed by atoms with Gasteiger partial charge >= 0.3 is 0 Å². The fourth-order valence-corrected chi connectivity index (χ4v) is 0.187. The fraction of sp³-hybridized carbons (Fsp3) is 0.333. The summed E-state index contributed by atoms with van der Waals surface area (Å²) < 4.78 is 0. The van der Waals surface area contributed by atoms with E-state index in [2.05, 4.69) is 6.58 Å². The molecule has 1 aliphatic heterocycles. The average molecular weight is 72.0 g/mol. The van der Waals surface area contributed by atoms with Crippen molar-refractivity contribution in [1.82, 2.24) is 0 Å². The zero-order chi connectivity index (χ0) is 2.99. The predicted molar refractivity (Wildman–Crippen MR) is 22.3 cm³/mol. The van der Waals surface area contributed by atoms with Crippen LogP contribution in [0.15, 0.2) is 11.9 Å². The monoisotopic (exact) mass is 72.0 g/mol. The average Bonchev–Trinajstić information content (AvgIpc) is 1.75. The predicted octanol–water partition coefficient (Wildman–Crippen LogP) is 1.19. The van der Waals surface area contributed by atoms with Crippen LogP contribution >= 0.6 is 8.58 Å². The zero-order valence-corrected chi connectivity index (χ0v) is 3.41. The molecule has 1 heterocycles. The van der Waals surface area contributed by atoms with E-state index in [0.29, 0.717) is 0 Å². The molecule has 1 saturated heterocycles. The first-order valence-electron chi connectivity index (χ1n) is 1.31. The second kappa shape index (κ2) is 0.558. The van der Waals surface area contributed by atoms with Crippen molar-refractivity contribution in [1.29, 1.82) is 0 Å². The van der Waals surface area contributed by atoms with Gasteiger partial charge in [0.05, 0.1) is 0 Å². The van der Waals surface area contributed by atoms with E-state index in [4.69, 9.17) is 0 Å². The molecule has 0 aromatic carbocycles. The highest BCUT2D eigenvalue weighted by Crippen LogP contribution is 2.41. The molecule has 0 aromatic rings. The van der Waals surface area contributed by atoms with Gasteiger partial charge < -0.3 is 0 Å². The third-order valence-electron chi connectivity index (χ3n) is 0.427. The van der Waals surface area contributed by atoms with Crippen LogP contribution in [0.1, 0.15) is 0 Å². The van der Waals surface area contributed by atoms with Crippen LogP contribution in [-0.2, 0) is 0 Å². The van der Waals surface area contributed by atoms with Gasteiger partial charge in [-0.05, 0) is 6.16 Å². The Morgan fingerprint density at radius 3 is 2.25 bits per heavy atom. The molecule has 1 heteroatoms. The highest BCUT2D eigenvalue weighted by molar-refractivity contribution is 7.53. The Balaban J connectivity index is 2.60. The van der Waals surface area contributed by atoms with Gasteiger partial charge in [-0.2, -0.15) is 0 Å². The molecule has 0 N–H and O–H groups in total. The zero-order valence-electron chi connectivity index (χ0n) is 2.41. The van der Waals surface area contributed by atoms with E-state index in [0.717, 1.165) is 8.58 Å². The second-order valence-corrected chi connectivity index (χ2v) is 2.37. The van der Waals surface area contributed by atoms with Crippen molar-refractivity contribution in [2.75, 3.05) is 6.16 Å². The summed E-state index contributed by atoms with van der Waals surface area (Å²) in [6, 6.07) is 0. The third kappa shape index (κ3) is 0.296. The summed E-state index contributed by atoms with van der Waals surface area (Å²) in [4.78, 5) is 0. The molecule has 1 unspecified atom stereocenters. The van der Waals surface area contributed by atoms with E-state index < -0.39 is 0 Å². The first-order chi connectivity index (χ1) is 1.89. The molecule has 0 spiro atoms. The first-order valence-corrected chi connectivity index (χ1v) is 2.52. The highest BCUT2D eigenvalue weighted by Gasteiger charge is 2.03. The van der Waals surface area contributed by atoms with Gasteiger partial charge in [0.25, 0.3) is 0 Å². The smallest absolute Gasteiger partial charge is 0.00673 e. The Kier molecular flexibility index (Phi) is 0.336. The molecular formula is C3H5P. The highest BCUT2D eigenvalue weighted by atomic mass is 31.1. The minimum absolute atomic E-state index is 1.11. The van der Waals surface area contributed by atoms with Crippen LogP contribution in [0.4, 0.5) is 0 Å². The molecule has 1 atom stereocenters. The summed E-state index contributed by atoms with van der Waals surface area (Å²) in [5.41, 5.74) is 0. The molecule has 22 valence electrons. The van der Waals surface area contributed by atoms with E-state index >= 15 is 0 Å². The maximum Gasteiger partial charge on any atom is -0.00673 e. The quantitative estimate of drug-likeness (QED) is 0.377. The van der Waals surface area contributed by atoms with Crippen LogP contribution in [0.25, 0.3) is 0 Å². The Morgan fingerprint density at radius 1 is 2.00 bits per heavy atom. The van der Waals surface area contributed by atoms with Gasteiger partial charge in [-0.1, -0.05) is 20.5 Å². The Bertz CT molecular complexity index is 41.2. The van der Waals surface area contributed by atoms with E-state index in [9.17, 15) is 0 Å². The molecule has 1 aliphatic rings. The number of hydrogen-bond donors (Lipinski definition) is 0. The Hall–Kier alpha value is 0.170. The lowest BCUT2D eigenvalue weighted by molar-refractivity contribution is 1.94. The second-order valence-electron chi connectivity index (χ2n) is 0.957. The summed E-state index contributed by atoms with van der Waals surface area (Å²) in [7, 11) is 1.11. The first kappa shape index (κ1) is 2.41. The van der Waals surface area contributed by atoms with Gasteiger partial charge in [-0.25, -0.2) is 0 Å². The fourth-order valence-electron chi connectivity index (χ4n) is 0.0625. The van der Waals surface area contributed by atoms with E-state index in [-0.39, 0.29) is 0 Å². The van der Waals surface area contributed by atoms with E-state index in [1.807, 2.05) is 0 Å². The van der Waals surface area contributed by atoms with Crippen molar-refractivity contribution >= 4 is 8.58 Å². The minimum atomic E-state index is 1.11. The van der Waals surface area contributed by atoms with Crippen LogP contribution < -0.4 is 0 Å². The molecular weight excluding hydrogens is 67.0 g/mol. The molecule has 0 nitrogen and oxygen atoms in total. The van der Waals surface area contributed by atoms with Crippen LogP contribution in [0.5, 0.6) is 0 Å². The lowest BCUT2D eigenvalue weighted by atomic mass is 10.8. The normalized spacial score (nSPS) is 27.5. The van der Waals surface area contributed by atoms with Crippen molar-refractivity contribution in [3.8, 4) is 0 Å². The standard InChI is InChI=1S/C3H5P/c1-3-2-4-3/h4H,1-2H2. The lowest BCUT2D eigenvalue weighted by Crippen LogP contribution is -1.21. The van der Waals surface area contributed by atoms with Crippen LogP contribution in [0, 0.1) is 0 Å². The summed E-state index contributed by atoms with van der Waals surface area (Å²) in [6.07, 6.45) is 1.32. The number of allylic oxidation sites excluding steroid dienone is 1. The summed E-state index contributed by atoms with van der Waals surface area (Å²) in [5, 5.41) is 1.44. The molecule has 4 heavy (non-hydrogen) atoms. The van der Waals surface area contributed by atoms with Gasteiger partial charge in [0.1, 0.15) is 0 Å². The van der Waals surface area contributed by atoms with E-state index in [1.54, 1.807) is 0 Å². The van der Waals surface area contributed by atoms with E-state index in [1.165, 1.54) is 11.5 Å². The Labute approximate surface area is 27.7 Å². The van der Waals surface area contributed by atoms with Gasteiger partial charge in [0.15, 0.2) is 0 Å². The van der Waals surface area contributed by atoms with Crippen LogP contribution in [0.2, 0.25) is 0 Å². The maximum atomic E-state index is 3.68. The number of rotatable bonds is 0. The molecule has 1 rings (SSSR count). The molecule has 0 aliphatic carbocycles. The van der Waals surface area contributed by atoms with Gasteiger partial charge in [-0.15, -0.1) is 0 Å². The summed E-state index contributed by atoms with van der Waals surface area (Å²) >= 11 is 0. The molecule has 0 radical (unpaired) electrons.